The maximum atomic E-state index is 13.3. The molecule has 0 aliphatic carbocycles. The van der Waals surface area contributed by atoms with Crippen molar-refractivity contribution in [3.8, 4) is 0 Å². The largest absolute Gasteiger partial charge is 0.360 e. The summed E-state index contributed by atoms with van der Waals surface area (Å²) in [5, 5.41) is 3.34. The zero-order valence-corrected chi connectivity index (χ0v) is 20.0. The smallest absolute Gasteiger partial charge is 0.294 e. The summed E-state index contributed by atoms with van der Waals surface area (Å²) in [5.41, 5.74) is 4.97. The molecule has 0 radical (unpaired) electrons. The van der Waals surface area contributed by atoms with Crippen LogP contribution >= 0.6 is 0 Å². The lowest BCUT2D eigenvalue weighted by atomic mass is 9.87. The molecule has 2 aliphatic rings. The molecule has 2 aromatic carbocycles. The van der Waals surface area contributed by atoms with Crippen molar-refractivity contribution >= 4 is 21.6 Å². The molecule has 0 aromatic heterocycles. The minimum Gasteiger partial charge on any atom is -0.360 e. The minimum absolute atomic E-state index is 0.0212. The van der Waals surface area contributed by atoms with Crippen LogP contribution in [0.15, 0.2) is 59.5 Å². The molecule has 0 spiro atoms. The van der Waals surface area contributed by atoms with E-state index in [-0.39, 0.29) is 22.8 Å². The fourth-order valence-corrected chi connectivity index (χ4v) is 5.30. The highest BCUT2D eigenvalue weighted by molar-refractivity contribution is 7.85. The first-order valence-corrected chi connectivity index (χ1v) is 13.3. The Morgan fingerprint density at radius 3 is 2.41 bits per heavy atom. The number of benzene rings is 2. The first kappa shape index (κ1) is 24.8. The van der Waals surface area contributed by atoms with Crippen molar-refractivity contribution in [2.75, 3.05) is 24.5 Å². The van der Waals surface area contributed by atoms with Gasteiger partial charge in [-0.2, -0.15) is 13.9 Å². The van der Waals surface area contributed by atoms with E-state index in [1.807, 2.05) is 35.2 Å². The molecule has 2 aromatic rings. The van der Waals surface area contributed by atoms with Crippen molar-refractivity contribution in [3.63, 3.8) is 0 Å². The number of ketones is 1. The molecular weight excluding hydrogens is 454 g/mol. The van der Waals surface area contributed by atoms with E-state index in [4.69, 9.17) is 4.84 Å². The maximum Gasteiger partial charge on any atom is 0.294 e. The van der Waals surface area contributed by atoms with Gasteiger partial charge in [-0.15, -0.1) is 0 Å². The summed E-state index contributed by atoms with van der Waals surface area (Å²) in [6.45, 7) is 2.91. The molecule has 0 saturated carbocycles. The molecule has 34 heavy (non-hydrogen) atoms. The van der Waals surface area contributed by atoms with Gasteiger partial charge in [-0.05, 0) is 74.5 Å². The fourth-order valence-electron chi connectivity index (χ4n) is 4.82. The van der Waals surface area contributed by atoms with E-state index in [1.165, 1.54) is 12.1 Å². The Balaban J connectivity index is 1.45. The van der Waals surface area contributed by atoms with E-state index in [9.17, 15) is 17.8 Å². The molecule has 2 saturated heterocycles. The third-order valence-corrected chi connectivity index (χ3v) is 7.57. The number of anilines is 1. The van der Waals surface area contributed by atoms with Crippen LogP contribution in [0.4, 0.5) is 5.69 Å². The van der Waals surface area contributed by atoms with Gasteiger partial charge in [-0.25, -0.2) is 0 Å². The van der Waals surface area contributed by atoms with Gasteiger partial charge in [0.1, 0.15) is 0 Å². The van der Waals surface area contributed by atoms with Crippen LogP contribution in [0.2, 0.25) is 0 Å². The summed E-state index contributed by atoms with van der Waals surface area (Å²) in [4.78, 5) is 21.0. The predicted molar refractivity (Wildman–Crippen MR) is 130 cm³/mol. The molecule has 9 heteroatoms. The van der Waals surface area contributed by atoms with Crippen LogP contribution in [0.25, 0.3) is 0 Å². The second-order valence-electron chi connectivity index (χ2n) is 9.17. The summed E-state index contributed by atoms with van der Waals surface area (Å²) in [5.74, 6) is 0.636. The van der Waals surface area contributed by atoms with Gasteiger partial charge in [0.25, 0.3) is 10.1 Å². The van der Waals surface area contributed by atoms with Gasteiger partial charge in [-0.1, -0.05) is 30.3 Å². The third kappa shape index (κ3) is 6.64. The Bertz CT molecular complexity index is 1040. The summed E-state index contributed by atoms with van der Waals surface area (Å²) in [6.07, 6.45) is 4.08. The Labute approximate surface area is 201 Å². The average molecular weight is 488 g/mol. The van der Waals surface area contributed by atoms with Gasteiger partial charge >= 0.3 is 0 Å². The zero-order chi connectivity index (χ0) is 24.0. The van der Waals surface area contributed by atoms with Crippen LogP contribution in [-0.4, -0.2) is 50.5 Å². The van der Waals surface area contributed by atoms with E-state index < -0.39 is 10.1 Å². The van der Waals surface area contributed by atoms with E-state index in [1.54, 1.807) is 12.1 Å². The van der Waals surface area contributed by atoms with Crippen LogP contribution in [0.3, 0.4) is 0 Å². The molecule has 0 amide bonds. The molecule has 0 bridgehead atoms. The molecule has 0 unspecified atom stereocenters. The quantitative estimate of drug-likeness (QED) is 0.366. The summed E-state index contributed by atoms with van der Waals surface area (Å²) in [6, 6.07) is 15.7. The molecule has 8 nitrogen and oxygen atoms in total. The van der Waals surface area contributed by atoms with Gasteiger partial charge in [0, 0.05) is 24.7 Å². The van der Waals surface area contributed by atoms with Crippen LogP contribution in [0, 0.1) is 5.92 Å². The SMILES string of the molecule is O=C(CC1CCNCC1)[C@@H]1CC[C@@H](NOCc2ccccc2)CN1c1ccc(S(=O)(=O)O)cc1. The molecule has 2 atom stereocenters. The normalized spacial score (nSPS) is 22.0. The van der Waals surface area contributed by atoms with Crippen LogP contribution < -0.4 is 15.7 Å². The zero-order valence-electron chi connectivity index (χ0n) is 19.2. The molecule has 2 fully saturated rings. The number of carbonyl (C=O) groups excluding carboxylic acids is 1. The lowest BCUT2D eigenvalue weighted by Crippen LogP contribution is -2.53. The molecular formula is C25H33N3O5S. The Hall–Kier alpha value is -2.30. The second-order valence-corrected chi connectivity index (χ2v) is 10.6. The van der Waals surface area contributed by atoms with Crippen LogP contribution in [0.1, 0.15) is 37.7 Å². The second kappa shape index (κ2) is 11.4. The van der Waals surface area contributed by atoms with E-state index in [0.29, 0.717) is 31.9 Å². The summed E-state index contributed by atoms with van der Waals surface area (Å²) in [7, 11) is -4.27. The molecule has 2 heterocycles. The topological polar surface area (TPSA) is 108 Å². The number of rotatable bonds is 9. The van der Waals surface area contributed by atoms with Crippen molar-refractivity contribution in [2.45, 2.75) is 55.7 Å². The van der Waals surface area contributed by atoms with Gasteiger partial charge in [-0.3, -0.25) is 14.2 Å². The highest BCUT2D eigenvalue weighted by Gasteiger charge is 2.34. The van der Waals surface area contributed by atoms with Crippen LogP contribution in [-0.2, 0) is 26.4 Å². The average Bonchev–Trinajstić information content (AvgIpc) is 2.85. The number of Topliss-reactive ketones (excluding diaryl/α,β-unsaturated/α-hetero) is 1. The Kier molecular flexibility index (Phi) is 8.33. The monoisotopic (exact) mass is 487 g/mol. The summed E-state index contributed by atoms with van der Waals surface area (Å²) < 4.78 is 32.2. The molecule has 184 valence electrons. The summed E-state index contributed by atoms with van der Waals surface area (Å²) >= 11 is 0. The number of nitrogens with one attached hydrogen (secondary N) is 2. The van der Waals surface area contributed by atoms with Crippen molar-refractivity contribution in [1.29, 1.82) is 0 Å². The van der Waals surface area contributed by atoms with E-state index in [0.717, 1.165) is 43.6 Å². The van der Waals surface area contributed by atoms with E-state index >= 15 is 0 Å². The number of carbonyl (C=O) groups is 1. The van der Waals surface area contributed by atoms with Crippen molar-refractivity contribution in [3.05, 3.63) is 60.2 Å². The van der Waals surface area contributed by atoms with Gasteiger partial charge in [0.15, 0.2) is 5.78 Å². The first-order valence-electron chi connectivity index (χ1n) is 11.9. The number of hydrogen-bond donors (Lipinski definition) is 3. The Morgan fingerprint density at radius 2 is 1.74 bits per heavy atom. The van der Waals surface area contributed by atoms with Gasteiger partial charge < -0.3 is 10.2 Å². The van der Waals surface area contributed by atoms with Crippen molar-refractivity contribution in [1.82, 2.24) is 10.8 Å². The first-order chi connectivity index (χ1) is 16.4. The Morgan fingerprint density at radius 1 is 1.03 bits per heavy atom. The van der Waals surface area contributed by atoms with Crippen molar-refractivity contribution < 1.29 is 22.6 Å². The molecule has 2 aliphatic heterocycles. The maximum absolute atomic E-state index is 13.3. The highest BCUT2D eigenvalue weighted by atomic mass is 32.2. The number of hydrogen-bond acceptors (Lipinski definition) is 7. The van der Waals surface area contributed by atoms with Gasteiger partial charge in [0.05, 0.1) is 17.5 Å². The number of nitrogens with zero attached hydrogens (tertiary/aromatic N) is 1. The third-order valence-electron chi connectivity index (χ3n) is 6.70. The lowest BCUT2D eigenvalue weighted by molar-refractivity contribution is -0.122. The van der Waals surface area contributed by atoms with Crippen molar-refractivity contribution in [2.24, 2.45) is 5.92 Å². The van der Waals surface area contributed by atoms with E-state index in [2.05, 4.69) is 10.8 Å². The predicted octanol–water partition coefficient (Wildman–Crippen LogP) is 2.95. The number of piperidine rings is 2. The standard InChI is InChI=1S/C25H33N3O5S/c29-25(16-19-12-14-26-15-13-19)24-11-6-21(27-33-18-20-4-2-1-3-5-20)17-28(24)22-7-9-23(10-8-22)34(30,31)32/h1-5,7-10,19,21,24,26-27H,6,11-18H2,(H,30,31,32)/t21-,24+/m1/s1. The highest BCUT2D eigenvalue weighted by Crippen LogP contribution is 2.29. The fraction of sp³-hybridized carbons (Fsp3) is 0.480. The van der Waals surface area contributed by atoms with Gasteiger partial charge in [0.2, 0.25) is 0 Å². The molecule has 3 N–H and O–H groups in total. The van der Waals surface area contributed by atoms with Crippen LogP contribution in [0.5, 0.6) is 0 Å². The minimum atomic E-state index is -4.27. The number of hydroxylamine groups is 1. The lowest BCUT2D eigenvalue weighted by Gasteiger charge is -2.41. The molecule has 4 rings (SSSR count).